The number of carbonyl (C=O) groups is 1. The van der Waals surface area contributed by atoms with Gasteiger partial charge in [0.1, 0.15) is 16.0 Å². The van der Waals surface area contributed by atoms with Crippen LogP contribution in [0.25, 0.3) is 16.9 Å². The second-order valence-corrected chi connectivity index (χ2v) is 6.08. The Labute approximate surface area is 161 Å². The van der Waals surface area contributed by atoms with Gasteiger partial charge in [-0.2, -0.15) is 4.39 Å². The summed E-state index contributed by atoms with van der Waals surface area (Å²) in [7, 11) is 0. The minimum atomic E-state index is -0.699. The van der Waals surface area contributed by atoms with Crippen molar-refractivity contribution in [3.05, 3.63) is 58.8 Å². The van der Waals surface area contributed by atoms with E-state index in [9.17, 15) is 13.6 Å². The Morgan fingerprint density at radius 3 is 2.74 bits per heavy atom. The summed E-state index contributed by atoms with van der Waals surface area (Å²) in [4.78, 5) is 15.1. The molecule has 0 atom stereocenters. The number of benzene rings is 1. The van der Waals surface area contributed by atoms with Crippen LogP contribution in [0.1, 0.15) is 6.92 Å². The minimum absolute atomic E-state index is 0.0403. The van der Waals surface area contributed by atoms with Crippen LogP contribution in [-0.2, 0) is 9.53 Å². The first kappa shape index (κ1) is 19.0. The molecule has 140 valence electrons. The van der Waals surface area contributed by atoms with Crippen LogP contribution in [0.3, 0.4) is 0 Å². The summed E-state index contributed by atoms with van der Waals surface area (Å²) in [5.74, 6) is -1.75. The second-order valence-electron chi connectivity index (χ2n) is 5.29. The summed E-state index contributed by atoms with van der Waals surface area (Å²) in [5, 5.41) is 4.24. The SMILES string of the molecule is CCOC(=O)COc1nn(-c2ccccc2F)c(-c2ccnc(F)c2)c1Br. The topological polar surface area (TPSA) is 66.2 Å². The van der Waals surface area contributed by atoms with Crippen molar-refractivity contribution in [2.24, 2.45) is 0 Å². The number of pyridine rings is 1. The van der Waals surface area contributed by atoms with Gasteiger partial charge in [-0.3, -0.25) is 0 Å². The molecule has 0 spiro atoms. The van der Waals surface area contributed by atoms with Crippen molar-refractivity contribution in [3.8, 4) is 22.8 Å². The Morgan fingerprint density at radius 1 is 1.26 bits per heavy atom. The van der Waals surface area contributed by atoms with Crippen LogP contribution < -0.4 is 4.74 Å². The van der Waals surface area contributed by atoms with E-state index >= 15 is 0 Å². The van der Waals surface area contributed by atoms with Gasteiger partial charge in [-0.05, 0) is 41.1 Å². The van der Waals surface area contributed by atoms with Gasteiger partial charge in [0.25, 0.3) is 0 Å². The molecular weight excluding hydrogens is 424 g/mol. The summed E-state index contributed by atoms with van der Waals surface area (Å²) in [5.41, 5.74) is 0.882. The highest BCUT2D eigenvalue weighted by Crippen LogP contribution is 2.37. The smallest absolute Gasteiger partial charge is 0.344 e. The fraction of sp³-hybridized carbons (Fsp3) is 0.167. The number of esters is 1. The largest absolute Gasteiger partial charge is 0.464 e. The molecule has 2 aromatic heterocycles. The first-order valence-electron chi connectivity index (χ1n) is 7.95. The van der Waals surface area contributed by atoms with E-state index in [1.807, 2.05) is 0 Å². The van der Waals surface area contributed by atoms with E-state index in [0.29, 0.717) is 15.7 Å². The van der Waals surface area contributed by atoms with Crippen molar-refractivity contribution >= 4 is 21.9 Å². The molecule has 3 rings (SSSR count). The molecule has 0 amide bonds. The molecule has 0 unspecified atom stereocenters. The number of para-hydroxylation sites is 1. The number of ether oxygens (including phenoxy) is 2. The van der Waals surface area contributed by atoms with Crippen LogP contribution >= 0.6 is 15.9 Å². The van der Waals surface area contributed by atoms with Gasteiger partial charge in [-0.25, -0.2) is 18.9 Å². The summed E-state index contributed by atoms with van der Waals surface area (Å²) < 4.78 is 39.8. The predicted octanol–water partition coefficient (Wildman–Crippen LogP) is 3.92. The standard InChI is InChI=1S/C18H14BrF2N3O3/c1-2-26-15(25)10-27-18-16(19)17(11-7-8-22-14(21)9-11)24(23-18)13-6-4-3-5-12(13)20/h3-9H,2,10H2,1H3. The number of carbonyl (C=O) groups excluding carboxylic acids is 1. The molecule has 0 aliphatic carbocycles. The minimum Gasteiger partial charge on any atom is -0.464 e. The number of rotatable bonds is 6. The summed E-state index contributed by atoms with van der Waals surface area (Å²) in [6, 6.07) is 8.73. The van der Waals surface area contributed by atoms with Gasteiger partial charge in [0.15, 0.2) is 6.61 Å². The fourth-order valence-electron chi connectivity index (χ4n) is 2.40. The summed E-state index contributed by atoms with van der Waals surface area (Å²) in [6.45, 7) is 1.52. The van der Waals surface area contributed by atoms with Crippen LogP contribution in [-0.4, -0.2) is 33.9 Å². The maximum absolute atomic E-state index is 14.3. The number of halogens is 3. The molecular formula is C18H14BrF2N3O3. The first-order chi connectivity index (χ1) is 13.0. The summed E-state index contributed by atoms with van der Waals surface area (Å²) >= 11 is 3.35. The van der Waals surface area contributed by atoms with Gasteiger partial charge in [0.05, 0.1) is 12.3 Å². The van der Waals surface area contributed by atoms with E-state index < -0.39 is 17.7 Å². The van der Waals surface area contributed by atoms with E-state index in [2.05, 4.69) is 26.0 Å². The highest BCUT2D eigenvalue weighted by Gasteiger charge is 2.22. The van der Waals surface area contributed by atoms with E-state index in [0.717, 1.165) is 0 Å². The zero-order chi connectivity index (χ0) is 19.4. The molecule has 27 heavy (non-hydrogen) atoms. The zero-order valence-corrected chi connectivity index (χ0v) is 15.7. The first-order valence-corrected chi connectivity index (χ1v) is 8.74. The Balaban J connectivity index is 2.09. The lowest BCUT2D eigenvalue weighted by Crippen LogP contribution is -2.15. The van der Waals surface area contributed by atoms with Crippen LogP contribution in [0.15, 0.2) is 47.1 Å². The van der Waals surface area contributed by atoms with Crippen LogP contribution in [0, 0.1) is 11.8 Å². The molecule has 9 heteroatoms. The molecule has 0 radical (unpaired) electrons. The van der Waals surface area contributed by atoms with E-state index in [4.69, 9.17) is 9.47 Å². The van der Waals surface area contributed by atoms with Crippen LogP contribution in [0.2, 0.25) is 0 Å². The van der Waals surface area contributed by atoms with Gasteiger partial charge >= 0.3 is 5.97 Å². The molecule has 0 fully saturated rings. The predicted molar refractivity (Wildman–Crippen MR) is 96.5 cm³/mol. The van der Waals surface area contributed by atoms with E-state index in [-0.39, 0.29) is 24.8 Å². The molecule has 1 aromatic carbocycles. The highest BCUT2D eigenvalue weighted by atomic mass is 79.9. The fourth-order valence-corrected chi connectivity index (χ4v) is 2.99. The molecule has 0 N–H and O–H groups in total. The monoisotopic (exact) mass is 437 g/mol. The second kappa shape index (κ2) is 8.26. The number of hydrogen-bond acceptors (Lipinski definition) is 5. The lowest BCUT2D eigenvalue weighted by molar-refractivity contribution is -0.145. The Bertz CT molecular complexity index is 978. The lowest BCUT2D eigenvalue weighted by Gasteiger charge is -2.08. The van der Waals surface area contributed by atoms with Gasteiger partial charge in [0, 0.05) is 17.8 Å². The number of aromatic nitrogens is 3. The van der Waals surface area contributed by atoms with E-state index in [1.165, 1.54) is 29.1 Å². The Hall–Kier alpha value is -2.81. The van der Waals surface area contributed by atoms with Crippen molar-refractivity contribution in [2.45, 2.75) is 6.92 Å². The van der Waals surface area contributed by atoms with Crippen LogP contribution in [0.4, 0.5) is 8.78 Å². The Kier molecular flexibility index (Phi) is 5.80. The van der Waals surface area contributed by atoms with Gasteiger partial charge in [-0.1, -0.05) is 12.1 Å². The van der Waals surface area contributed by atoms with Gasteiger partial charge in [-0.15, -0.1) is 5.10 Å². The Morgan fingerprint density at radius 2 is 2.04 bits per heavy atom. The third-order valence-corrected chi connectivity index (χ3v) is 4.23. The highest BCUT2D eigenvalue weighted by molar-refractivity contribution is 9.10. The van der Waals surface area contributed by atoms with E-state index in [1.54, 1.807) is 25.1 Å². The normalized spacial score (nSPS) is 10.7. The molecule has 0 aliphatic rings. The molecule has 3 aromatic rings. The number of nitrogens with zero attached hydrogens (tertiary/aromatic N) is 3. The quantitative estimate of drug-likeness (QED) is 0.431. The average molecular weight is 438 g/mol. The number of hydrogen-bond donors (Lipinski definition) is 0. The van der Waals surface area contributed by atoms with Gasteiger partial charge < -0.3 is 9.47 Å². The molecule has 2 heterocycles. The van der Waals surface area contributed by atoms with Crippen molar-refractivity contribution in [2.75, 3.05) is 13.2 Å². The summed E-state index contributed by atoms with van der Waals surface area (Å²) in [6.07, 6.45) is 1.29. The maximum atomic E-state index is 14.3. The van der Waals surface area contributed by atoms with Crippen molar-refractivity contribution < 1.29 is 23.0 Å². The molecule has 0 saturated heterocycles. The molecule has 0 bridgehead atoms. The van der Waals surface area contributed by atoms with Crippen molar-refractivity contribution in [1.29, 1.82) is 0 Å². The third-order valence-electron chi connectivity index (χ3n) is 3.51. The molecule has 0 saturated carbocycles. The van der Waals surface area contributed by atoms with Crippen LogP contribution in [0.5, 0.6) is 5.88 Å². The average Bonchev–Trinajstić information content (AvgIpc) is 2.97. The van der Waals surface area contributed by atoms with Gasteiger partial charge in [0.2, 0.25) is 11.8 Å². The molecule has 0 aliphatic heterocycles. The van der Waals surface area contributed by atoms with Crippen molar-refractivity contribution in [1.82, 2.24) is 14.8 Å². The molecule has 6 nitrogen and oxygen atoms in total. The lowest BCUT2D eigenvalue weighted by atomic mass is 10.2. The zero-order valence-electron chi connectivity index (χ0n) is 14.2. The maximum Gasteiger partial charge on any atom is 0.344 e. The third kappa shape index (κ3) is 4.13. The van der Waals surface area contributed by atoms with Crippen molar-refractivity contribution in [3.63, 3.8) is 0 Å².